The average Bonchev–Trinajstić information content (AvgIpc) is 2.80. The maximum absolute atomic E-state index is 11.4. The third kappa shape index (κ3) is 5.61. The maximum Gasteiger partial charge on any atom is 0.151 e. The van der Waals surface area contributed by atoms with Gasteiger partial charge in [0.05, 0.1) is 24.4 Å². The molecule has 0 radical (unpaired) electrons. The van der Waals surface area contributed by atoms with Crippen LogP contribution in [0, 0.1) is 0 Å². The van der Waals surface area contributed by atoms with E-state index < -0.39 is 9.84 Å². The lowest BCUT2D eigenvalue weighted by atomic mass is 10.4. The minimum atomic E-state index is -2.91. The Kier molecular flexibility index (Phi) is 6.31. The fourth-order valence-electron chi connectivity index (χ4n) is 1.40. The number of aryl methyl sites for hydroxylation is 1. The van der Waals surface area contributed by atoms with Crippen molar-refractivity contribution >= 4 is 9.84 Å². The molecule has 0 atom stereocenters. The zero-order valence-corrected chi connectivity index (χ0v) is 11.7. The average molecular weight is 275 g/mol. The summed E-state index contributed by atoms with van der Waals surface area (Å²) < 4.78 is 29.5. The molecular formula is C11H21N3O3S. The second kappa shape index (κ2) is 7.50. The first kappa shape index (κ1) is 15.1. The van der Waals surface area contributed by atoms with E-state index in [1.54, 1.807) is 24.9 Å². The number of nitrogens with one attached hydrogen (secondary N) is 1. The Morgan fingerprint density at radius 1 is 1.50 bits per heavy atom. The van der Waals surface area contributed by atoms with Crippen LogP contribution in [0.25, 0.3) is 0 Å². The summed E-state index contributed by atoms with van der Waals surface area (Å²) in [4.78, 5) is 4.21. The van der Waals surface area contributed by atoms with Crippen molar-refractivity contribution in [2.75, 3.05) is 31.8 Å². The van der Waals surface area contributed by atoms with Crippen LogP contribution in [0.15, 0.2) is 12.5 Å². The SMILES string of the molecule is CCS(=O)(=O)CCn1cnc(CNCCOC)c1. The standard InChI is InChI=1S/C11H21N3O3S/c1-3-18(15,16)7-5-14-9-11(13-10-14)8-12-4-6-17-2/h9-10,12H,3-8H2,1-2H3. The summed E-state index contributed by atoms with van der Waals surface area (Å²) in [5, 5.41) is 3.18. The number of hydrogen-bond donors (Lipinski definition) is 1. The van der Waals surface area contributed by atoms with Gasteiger partial charge in [-0.3, -0.25) is 0 Å². The van der Waals surface area contributed by atoms with Gasteiger partial charge in [0.25, 0.3) is 0 Å². The minimum absolute atomic E-state index is 0.163. The summed E-state index contributed by atoms with van der Waals surface area (Å²) in [5.74, 6) is 0.351. The van der Waals surface area contributed by atoms with Crippen molar-refractivity contribution in [3.63, 3.8) is 0 Å². The summed E-state index contributed by atoms with van der Waals surface area (Å²) in [6.45, 7) is 4.22. The predicted octanol–water partition coefficient (Wildman–Crippen LogP) is 0.0538. The van der Waals surface area contributed by atoms with Gasteiger partial charge in [-0.05, 0) is 0 Å². The lowest BCUT2D eigenvalue weighted by molar-refractivity contribution is 0.199. The number of imidazole rings is 1. The Balaban J connectivity index is 2.34. The molecular weight excluding hydrogens is 254 g/mol. The van der Waals surface area contributed by atoms with Crippen LogP contribution in [0.3, 0.4) is 0 Å². The quantitative estimate of drug-likeness (QED) is 0.645. The number of rotatable bonds is 9. The van der Waals surface area contributed by atoms with E-state index in [0.29, 0.717) is 19.7 Å². The van der Waals surface area contributed by atoms with Crippen molar-refractivity contribution in [1.29, 1.82) is 0 Å². The third-order valence-electron chi connectivity index (χ3n) is 2.58. The molecule has 1 rings (SSSR count). The Morgan fingerprint density at radius 3 is 2.94 bits per heavy atom. The van der Waals surface area contributed by atoms with E-state index in [1.165, 1.54) is 0 Å². The van der Waals surface area contributed by atoms with Gasteiger partial charge in [0.1, 0.15) is 0 Å². The van der Waals surface area contributed by atoms with E-state index in [2.05, 4.69) is 10.3 Å². The van der Waals surface area contributed by atoms with Gasteiger partial charge in [0, 0.05) is 38.7 Å². The summed E-state index contributed by atoms with van der Waals surface area (Å²) in [7, 11) is -1.26. The van der Waals surface area contributed by atoms with Crippen LogP contribution in [-0.2, 0) is 27.7 Å². The molecule has 1 aromatic rings. The van der Waals surface area contributed by atoms with Crippen molar-refractivity contribution in [2.45, 2.75) is 20.0 Å². The molecule has 0 spiro atoms. The number of aromatic nitrogens is 2. The Hall–Kier alpha value is -0.920. The maximum atomic E-state index is 11.4. The largest absolute Gasteiger partial charge is 0.383 e. The molecule has 1 heterocycles. The highest BCUT2D eigenvalue weighted by Crippen LogP contribution is 1.98. The molecule has 0 saturated heterocycles. The molecule has 0 amide bonds. The number of methoxy groups -OCH3 is 1. The van der Waals surface area contributed by atoms with Gasteiger partial charge in [-0.2, -0.15) is 0 Å². The van der Waals surface area contributed by atoms with E-state index in [-0.39, 0.29) is 11.5 Å². The molecule has 0 bridgehead atoms. The van der Waals surface area contributed by atoms with Crippen molar-refractivity contribution in [3.05, 3.63) is 18.2 Å². The Bertz CT molecular complexity index is 442. The van der Waals surface area contributed by atoms with E-state index >= 15 is 0 Å². The van der Waals surface area contributed by atoms with Crippen LogP contribution >= 0.6 is 0 Å². The van der Waals surface area contributed by atoms with Crippen molar-refractivity contribution in [3.8, 4) is 0 Å². The molecule has 0 unspecified atom stereocenters. The topological polar surface area (TPSA) is 73.2 Å². The van der Waals surface area contributed by atoms with Gasteiger partial charge in [-0.1, -0.05) is 6.92 Å². The van der Waals surface area contributed by atoms with Gasteiger partial charge in [-0.15, -0.1) is 0 Å². The fraction of sp³-hybridized carbons (Fsp3) is 0.727. The molecule has 0 aliphatic rings. The first-order valence-corrected chi connectivity index (χ1v) is 7.80. The smallest absolute Gasteiger partial charge is 0.151 e. The number of nitrogens with zero attached hydrogens (tertiary/aromatic N) is 2. The highest BCUT2D eigenvalue weighted by atomic mass is 32.2. The minimum Gasteiger partial charge on any atom is -0.383 e. The summed E-state index contributed by atoms with van der Waals surface area (Å²) in [6, 6.07) is 0. The van der Waals surface area contributed by atoms with Gasteiger partial charge in [-0.25, -0.2) is 13.4 Å². The highest BCUT2D eigenvalue weighted by Gasteiger charge is 2.07. The summed E-state index contributed by atoms with van der Waals surface area (Å²) in [6.07, 6.45) is 3.53. The van der Waals surface area contributed by atoms with Gasteiger partial charge >= 0.3 is 0 Å². The molecule has 0 aromatic carbocycles. The molecule has 104 valence electrons. The van der Waals surface area contributed by atoms with Crippen LogP contribution in [-0.4, -0.2) is 49.7 Å². The molecule has 1 N–H and O–H groups in total. The molecule has 18 heavy (non-hydrogen) atoms. The zero-order valence-electron chi connectivity index (χ0n) is 10.9. The van der Waals surface area contributed by atoms with Crippen molar-refractivity contribution in [1.82, 2.24) is 14.9 Å². The second-order valence-corrected chi connectivity index (χ2v) is 6.48. The van der Waals surface area contributed by atoms with Crippen LogP contribution in [0.1, 0.15) is 12.6 Å². The Labute approximate surface area is 108 Å². The van der Waals surface area contributed by atoms with Crippen LogP contribution in [0.2, 0.25) is 0 Å². The lowest BCUT2D eigenvalue weighted by Gasteiger charge is -2.02. The summed E-state index contributed by atoms with van der Waals surface area (Å²) in [5.41, 5.74) is 0.903. The lowest BCUT2D eigenvalue weighted by Crippen LogP contribution is -2.18. The van der Waals surface area contributed by atoms with E-state index in [9.17, 15) is 8.42 Å². The molecule has 0 aliphatic heterocycles. The van der Waals surface area contributed by atoms with Gasteiger partial charge in [0.2, 0.25) is 0 Å². The number of hydrogen-bond acceptors (Lipinski definition) is 5. The molecule has 6 nitrogen and oxygen atoms in total. The Morgan fingerprint density at radius 2 is 2.28 bits per heavy atom. The van der Waals surface area contributed by atoms with Crippen molar-refractivity contribution in [2.24, 2.45) is 0 Å². The molecule has 0 aliphatic carbocycles. The summed E-state index contributed by atoms with van der Waals surface area (Å²) >= 11 is 0. The predicted molar refractivity (Wildman–Crippen MR) is 70.1 cm³/mol. The van der Waals surface area contributed by atoms with Crippen LogP contribution in [0.4, 0.5) is 0 Å². The normalized spacial score (nSPS) is 11.9. The number of sulfone groups is 1. The number of ether oxygens (including phenoxy) is 1. The van der Waals surface area contributed by atoms with Crippen LogP contribution < -0.4 is 5.32 Å². The van der Waals surface area contributed by atoms with Crippen LogP contribution in [0.5, 0.6) is 0 Å². The zero-order chi connectivity index (χ0) is 13.4. The monoisotopic (exact) mass is 275 g/mol. The van der Waals surface area contributed by atoms with Gasteiger partial charge < -0.3 is 14.6 Å². The molecule has 1 aromatic heterocycles. The van der Waals surface area contributed by atoms with E-state index in [1.807, 2.05) is 6.20 Å². The highest BCUT2D eigenvalue weighted by molar-refractivity contribution is 7.91. The fourth-order valence-corrected chi connectivity index (χ4v) is 2.18. The van der Waals surface area contributed by atoms with E-state index in [4.69, 9.17) is 4.74 Å². The first-order chi connectivity index (χ1) is 8.57. The molecule has 0 saturated carbocycles. The van der Waals surface area contributed by atoms with Gasteiger partial charge in [0.15, 0.2) is 9.84 Å². The van der Waals surface area contributed by atoms with E-state index in [0.717, 1.165) is 12.2 Å². The molecule has 7 heteroatoms. The third-order valence-corrected chi connectivity index (χ3v) is 4.26. The molecule has 0 fully saturated rings. The first-order valence-electron chi connectivity index (χ1n) is 5.98. The van der Waals surface area contributed by atoms with Crippen molar-refractivity contribution < 1.29 is 13.2 Å². The second-order valence-electron chi connectivity index (χ2n) is 4.01.